The first-order chi connectivity index (χ1) is 12.2. The quantitative estimate of drug-likeness (QED) is 0.887. The predicted octanol–water partition coefficient (Wildman–Crippen LogP) is 2.77. The highest BCUT2D eigenvalue weighted by Gasteiger charge is 2.61. The summed E-state index contributed by atoms with van der Waals surface area (Å²) in [6.07, 6.45) is 11.1. The number of nitrogens with zero attached hydrogens (tertiary/aromatic N) is 2. The van der Waals surface area contributed by atoms with Crippen LogP contribution in [0.25, 0.3) is 0 Å². The number of pyridine rings is 1. The van der Waals surface area contributed by atoms with Crippen LogP contribution in [0.15, 0.2) is 24.5 Å². The lowest BCUT2D eigenvalue weighted by molar-refractivity contribution is -0.118. The topological polar surface area (TPSA) is 74.3 Å². The zero-order valence-corrected chi connectivity index (χ0v) is 14.5. The van der Waals surface area contributed by atoms with Crippen molar-refractivity contribution in [2.75, 3.05) is 18.4 Å². The van der Waals surface area contributed by atoms with Crippen LogP contribution >= 0.6 is 0 Å². The molecule has 0 bridgehead atoms. The Kier molecular flexibility index (Phi) is 4.36. The SMILES string of the molecule is O=C(Nc1cccnc1)C1CC12CCN(C(=O)NC1CCCCC1)C2. The molecule has 1 aromatic rings. The molecule has 2 aliphatic carbocycles. The standard InChI is InChI=1S/C19H26N4O2/c24-17(21-15-7-4-9-20-12-15)16-11-19(16)8-10-23(13-19)18(25)22-14-5-2-1-3-6-14/h4,7,9,12,14,16H,1-3,5-6,8,10-11,13H2,(H,21,24)(H,22,25). The number of likely N-dealkylation sites (tertiary alicyclic amines) is 1. The van der Waals surface area contributed by atoms with Crippen LogP contribution in [0.3, 0.4) is 0 Å². The van der Waals surface area contributed by atoms with Gasteiger partial charge in [0.15, 0.2) is 0 Å². The molecule has 1 saturated heterocycles. The molecule has 25 heavy (non-hydrogen) atoms. The zero-order chi connectivity index (χ0) is 17.3. The van der Waals surface area contributed by atoms with E-state index in [4.69, 9.17) is 0 Å². The van der Waals surface area contributed by atoms with Crippen molar-refractivity contribution in [2.24, 2.45) is 11.3 Å². The molecule has 4 rings (SSSR count). The molecular weight excluding hydrogens is 316 g/mol. The molecule has 1 aliphatic heterocycles. The number of hydrogen-bond acceptors (Lipinski definition) is 3. The van der Waals surface area contributed by atoms with Gasteiger partial charge in [-0.15, -0.1) is 0 Å². The minimum absolute atomic E-state index is 0.00377. The van der Waals surface area contributed by atoms with E-state index >= 15 is 0 Å². The molecule has 2 heterocycles. The normalized spacial score (nSPS) is 28.8. The Hall–Kier alpha value is -2.11. The number of carbonyl (C=O) groups is 2. The smallest absolute Gasteiger partial charge is 0.317 e. The molecule has 2 N–H and O–H groups in total. The highest BCUT2D eigenvalue weighted by Crippen LogP contribution is 2.58. The molecule has 134 valence electrons. The van der Waals surface area contributed by atoms with E-state index in [2.05, 4.69) is 15.6 Å². The van der Waals surface area contributed by atoms with Crippen molar-refractivity contribution in [1.29, 1.82) is 0 Å². The summed E-state index contributed by atoms with van der Waals surface area (Å²) in [4.78, 5) is 30.9. The Bertz CT molecular complexity index is 644. The summed E-state index contributed by atoms with van der Waals surface area (Å²) in [5.74, 6) is 0.0720. The van der Waals surface area contributed by atoms with E-state index in [1.165, 1.54) is 19.3 Å². The number of anilines is 1. The lowest BCUT2D eigenvalue weighted by Crippen LogP contribution is -2.44. The second kappa shape index (κ2) is 6.65. The van der Waals surface area contributed by atoms with Crippen molar-refractivity contribution in [2.45, 2.75) is 51.0 Å². The van der Waals surface area contributed by atoms with Gasteiger partial charge in [-0.05, 0) is 37.8 Å². The highest BCUT2D eigenvalue weighted by molar-refractivity contribution is 5.95. The molecule has 3 aliphatic rings. The molecule has 0 radical (unpaired) electrons. The first-order valence-electron chi connectivity index (χ1n) is 9.43. The van der Waals surface area contributed by atoms with Gasteiger partial charge in [0, 0.05) is 36.7 Å². The van der Waals surface area contributed by atoms with Gasteiger partial charge in [-0.25, -0.2) is 4.79 Å². The van der Waals surface area contributed by atoms with Gasteiger partial charge in [0.05, 0.1) is 11.9 Å². The average molecular weight is 342 g/mol. The van der Waals surface area contributed by atoms with Crippen LogP contribution in [0, 0.1) is 11.3 Å². The van der Waals surface area contributed by atoms with E-state index in [9.17, 15) is 9.59 Å². The maximum absolute atomic E-state index is 12.5. The molecule has 2 atom stereocenters. The van der Waals surface area contributed by atoms with Gasteiger partial charge in [-0.2, -0.15) is 0 Å². The van der Waals surface area contributed by atoms with Crippen molar-refractivity contribution in [1.82, 2.24) is 15.2 Å². The minimum atomic E-state index is -0.00377. The van der Waals surface area contributed by atoms with Gasteiger partial charge < -0.3 is 15.5 Å². The first kappa shape index (κ1) is 16.4. The van der Waals surface area contributed by atoms with Gasteiger partial charge in [0.25, 0.3) is 0 Å². The maximum atomic E-state index is 12.5. The molecule has 0 aromatic carbocycles. The third-order valence-corrected chi connectivity index (χ3v) is 6.04. The number of aromatic nitrogens is 1. The number of nitrogens with one attached hydrogen (secondary N) is 2. The van der Waals surface area contributed by atoms with Gasteiger partial charge in [0.1, 0.15) is 0 Å². The number of amides is 3. The average Bonchev–Trinajstić information content (AvgIpc) is 3.17. The van der Waals surface area contributed by atoms with Crippen LogP contribution in [0.5, 0.6) is 0 Å². The Morgan fingerprint density at radius 1 is 1.24 bits per heavy atom. The maximum Gasteiger partial charge on any atom is 0.317 e. The largest absolute Gasteiger partial charge is 0.335 e. The molecular formula is C19H26N4O2. The van der Waals surface area contributed by atoms with Crippen molar-refractivity contribution in [3.05, 3.63) is 24.5 Å². The van der Waals surface area contributed by atoms with Crippen LogP contribution in [-0.4, -0.2) is 41.0 Å². The lowest BCUT2D eigenvalue weighted by atomic mass is 9.96. The fraction of sp³-hybridized carbons (Fsp3) is 0.632. The number of rotatable bonds is 3. The van der Waals surface area contributed by atoms with Gasteiger partial charge >= 0.3 is 6.03 Å². The van der Waals surface area contributed by atoms with E-state index < -0.39 is 0 Å². The van der Waals surface area contributed by atoms with Crippen molar-refractivity contribution in [3.8, 4) is 0 Å². The molecule has 2 saturated carbocycles. The molecule has 1 aromatic heterocycles. The third-order valence-electron chi connectivity index (χ3n) is 6.04. The van der Waals surface area contributed by atoms with E-state index in [1.54, 1.807) is 12.4 Å². The monoisotopic (exact) mass is 342 g/mol. The predicted molar refractivity (Wildman–Crippen MR) is 95.0 cm³/mol. The van der Waals surface area contributed by atoms with Crippen molar-refractivity contribution >= 4 is 17.6 Å². The minimum Gasteiger partial charge on any atom is -0.335 e. The zero-order valence-electron chi connectivity index (χ0n) is 14.5. The molecule has 2 unspecified atom stereocenters. The molecule has 6 nitrogen and oxygen atoms in total. The summed E-state index contributed by atoms with van der Waals surface area (Å²) in [6, 6.07) is 4.05. The molecule has 3 fully saturated rings. The number of urea groups is 1. The van der Waals surface area contributed by atoms with E-state index in [1.807, 2.05) is 17.0 Å². The fourth-order valence-corrected chi connectivity index (χ4v) is 4.42. The lowest BCUT2D eigenvalue weighted by Gasteiger charge is -2.26. The van der Waals surface area contributed by atoms with Gasteiger partial charge in [-0.3, -0.25) is 9.78 Å². The summed E-state index contributed by atoms with van der Waals surface area (Å²) >= 11 is 0. The Morgan fingerprint density at radius 2 is 2.08 bits per heavy atom. The second-order valence-electron chi connectivity index (χ2n) is 7.81. The van der Waals surface area contributed by atoms with E-state index in [0.29, 0.717) is 12.6 Å². The summed E-state index contributed by atoms with van der Waals surface area (Å²) in [7, 11) is 0. The van der Waals surface area contributed by atoms with Crippen LogP contribution < -0.4 is 10.6 Å². The number of carbonyl (C=O) groups excluding carboxylic acids is 2. The Morgan fingerprint density at radius 3 is 2.84 bits per heavy atom. The van der Waals surface area contributed by atoms with Gasteiger partial charge in [0.2, 0.25) is 5.91 Å². The van der Waals surface area contributed by atoms with E-state index in [-0.39, 0.29) is 23.3 Å². The summed E-state index contributed by atoms with van der Waals surface area (Å²) in [5.41, 5.74) is 0.732. The summed E-state index contributed by atoms with van der Waals surface area (Å²) < 4.78 is 0. The molecule has 1 spiro atoms. The molecule has 6 heteroatoms. The number of hydrogen-bond donors (Lipinski definition) is 2. The first-order valence-corrected chi connectivity index (χ1v) is 9.43. The highest BCUT2D eigenvalue weighted by atomic mass is 16.2. The fourth-order valence-electron chi connectivity index (χ4n) is 4.42. The summed E-state index contributed by atoms with van der Waals surface area (Å²) in [5, 5.41) is 6.13. The van der Waals surface area contributed by atoms with Crippen LogP contribution in [0.1, 0.15) is 44.9 Å². The second-order valence-corrected chi connectivity index (χ2v) is 7.81. The Balaban J connectivity index is 1.29. The third kappa shape index (κ3) is 3.48. The van der Waals surface area contributed by atoms with Crippen LogP contribution in [0.2, 0.25) is 0 Å². The van der Waals surface area contributed by atoms with Crippen LogP contribution in [0.4, 0.5) is 10.5 Å². The van der Waals surface area contributed by atoms with E-state index in [0.717, 1.165) is 37.9 Å². The van der Waals surface area contributed by atoms with Crippen LogP contribution in [-0.2, 0) is 4.79 Å². The summed E-state index contributed by atoms with van der Waals surface area (Å²) in [6.45, 7) is 1.46. The van der Waals surface area contributed by atoms with Crippen molar-refractivity contribution in [3.63, 3.8) is 0 Å². The van der Waals surface area contributed by atoms with Crippen molar-refractivity contribution < 1.29 is 9.59 Å². The van der Waals surface area contributed by atoms with Gasteiger partial charge in [-0.1, -0.05) is 19.3 Å². The Labute approximate surface area is 148 Å². The molecule has 3 amide bonds.